The van der Waals surface area contributed by atoms with E-state index < -0.39 is 0 Å². The van der Waals surface area contributed by atoms with Gasteiger partial charge in [-0.1, -0.05) is 59.7 Å². The predicted octanol–water partition coefficient (Wildman–Crippen LogP) is 2.55. The zero-order chi connectivity index (χ0) is 13.4. The van der Waals surface area contributed by atoms with Crippen molar-refractivity contribution in [3.8, 4) is 0 Å². The molecule has 92 valence electrons. The monoisotopic (exact) mass is 228 g/mol. The van der Waals surface area contributed by atoms with Crippen LogP contribution in [0.15, 0.2) is 18.2 Å². The Hall–Kier alpha value is -0.650. The van der Waals surface area contributed by atoms with E-state index in [1.165, 1.54) is 11.1 Å². The summed E-state index contributed by atoms with van der Waals surface area (Å²) in [7, 11) is 4.61. The Labute approximate surface area is 109 Å². The Morgan fingerprint density at radius 3 is 1.47 bits per heavy atom. The molecule has 0 spiro atoms. The zero-order valence-corrected chi connectivity index (χ0v) is 12.8. The predicted molar refractivity (Wildman–Crippen MR) is 83.7 cm³/mol. The third-order valence-electron chi connectivity index (χ3n) is 3.30. The van der Waals surface area contributed by atoms with Crippen molar-refractivity contribution in [3.63, 3.8) is 0 Å². The van der Waals surface area contributed by atoms with Gasteiger partial charge in [-0.25, -0.2) is 0 Å². The van der Waals surface area contributed by atoms with Gasteiger partial charge >= 0.3 is 0 Å². The molecule has 0 fully saturated rings. The van der Waals surface area contributed by atoms with E-state index in [1.807, 2.05) is 0 Å². The maximum Gasteiger partial charge on any atom is 0.114 e. The number of benzene rings is 1. The molecule has 1 aromatic carbocycles. The Balaban J connectivity index is 3.55. The van der Waals surface area contributed by atoms with Gasteiger partial charge in [-0.05, 0) is 33.2 Å². The van der Waals surface area contributed by atoms with E-state index in [4.69, 9.17) is 0 Å². The van der Waals surface area contributed by atoms with E-state index in [9.17, 15) is 0 Å². The minimum Gasteiger partial charge on any atom is -0.0632 e. The van der Waals surface area contributed by atoms with Crippen LogP contribution in [0, 0.1) is 0 Å². The smallest absolute Gasteiger partial charge is 0.0632 e. The van der Waals surface area contributed by atoms with Crippen LogP contribution in [-0.2, 0) is 10.6 Å². The van der Waals surface area contributed by atoms with Crippen molar-refractivity contribution in [2.45, 2.75) is 58.1 Å². The molecule has 0 aliphatic carbocycles. The molecule has 0 aromatic heterocycles. The fourth-order valence-electron chi connectivity index (χ4n) is 2.50. The quantitative estimate of drug-likeness (QED) is 0.697. The molecule has 0 unspecified atom stereocenters. The van der Waals surface area contributed by atoms with Gasteiger partial charge in [0, 0.05) is 0 Å². The van der Waals surface area contributed by atoms with Crippen LogP contribution in [0.3, 0.4) is 0 Å². The lowest BCUT2D eigenvalue weighted by atomic mass is 9.60. The Morgan fingerprint density at radius 2 is 1.24 bits per heavy atom. The first-order valence-electron chi connectivity index (χ1n) is 6.69. The van der Waals surface area contributed by atoms with Crippen molar-refractivity contribution < 1.29 is 0 Å². The molecule has 0 saturated carbocycles. The van der Waals surface area contributed by atoms with Crippen LogP contribution >= 0.6 is 0 Å². The first kappa shape index (κ1) is 14.4. The summed E-state index contributed by atoms with van der Waals surface area (Å²) in [5.74, 6) is 0.583. The summed E-state index contributed by atoms with van der Waals surface area (Å²) in [5, 5.41) is 0.446. The molecule has 0 heterocycles. The van der Waals surface area contributed by atoms with Crippen LogP contribution in [0.4, 0.5) is 0 Å². The van der Waals surface area contributed by atoms with Crippen molar-refractivity contribution in [1.82, 2.24) is 0 Å². The van der Waals surface area contributed by atoms with Crippen LogP contribution in [0.2, 0.25) is 0 Å². The van der Waals surface area contributed by atoms with Crippen molar-refractivity contribution >= 4 is 15.7 Å². The highest BCUT2D eigenvalue weighted by Gasteiger charge is 2.26. The summed E-state index contributed by atoms with van der Waals surface area (Å²) in [6, 6.07) is 6.81. The third kappa shape index (κ3) is 3.18. The van der Waals surface area contributed by atoms with E-state index in [0.717, 1.165) is 0 Å². The summed E-state index contributed by atoms with van der Waals surface area (Å²) in [4.78, 5) is 0. The van der Waals surface area contributed by atoms with Gasteiger partial charge in [0.25, 0.3) is 0 Å². The molecule has 1 aromatic rings. The summed E-state index contributed by atoms with van der Waals surface area (Å²) in [5.41, 5.74) is 4.55. The molecule has 0 nitrogen and oxygen atoms in total. The molecular weight excluding hydrogens is 202 g/mol. The zero-order valence-electron chi connectivity index (χ0n) is 12.8. The van der Waals surface area contributed by atoms with E-state index in [2.05, 4.69) is 75.4 Å². The van der Waals surface area contributed by atoms with E-state index in [-0.39, 0.29) is 10.6 Å². The second-order valence-electron chi connectivity index (χ2n) is 7.42. The second kappa shape index (κ2) is 4.55. The molecule has 1 rings (SSSR count). The molecule has 0 amide bonds. The summed E-state index contributed by atoms with van der Waals surface area (Å²) in [6.45, 7) is 13.8. The molecular formula is C15H26B2. The molecule has 2 heteroatoms. The number of rotatable bonds is 3. The van der Waals surface area contributed by atoms with Gasteiger partial charge in [0.2, 0.25) is 0 Å². The van der Waals surface area contributed by atoms with Crippen LogP contribution < -0.4 is 0 Å². The average Bonchev–Trinajstić information content (AvgIpc) is 2.13. The van der Waals surface area contributed by atoms with Gasteiger partial charge in [-0.3, -0.25) is 0 Å². The maximum atomic E-state index is 2.31. The second-order valence-corrected chi connectivity index (χ2v) is 7.42. The first-order valence-corrected chi connectivity index (χ1v) is 6.69. The van der Waals surface area contributed by atoms with Gasteiger partial charge in [-0.2, -0.15) is 0 Å². The molecule has 17 heavy (non-hydrogen) atoms. The Morgan fingerprint density at radius 1 is 0.882 bits per heavy atom. The normalized spacial score (nSPS) is 13.1. The molecule has 0 atom stereocenters. The number of hydrogen-bond donors (Lipinski definition) is 0. The maximum absolute atomic E-state index is 2.31. The third-order valence-corrected chi connectivity index (χ3v) is 3.30. The standard InChI is InChI=1S/C15H26B2/c1-10(2)13-11(14(3,4)16)8-7-9-12(13)15(5,6)17/h7-10H,16-17H2,1-6H3. The lowest BCUT2D eigenvalue weighted by Crippen LogP contribution is -2.25. The lowest BCUT2D eigenvalue weighted by molar-refractivity contribution is 0.684. The van der Waals surface area contributed by atoms with Gasteiger partial charge in [-0.15, -0.1) is 0 Å². The fourth-order valence-corrected chi connectivity index (χ4v) is 2.50. The van der Waals surface area contributed by atoms with Gasteiger partial charge in [0.1, 0.15) is 15.7 Å². The first-order chi connectivity index (χ1) is 7.55. The molecule has 0 aliphatic heterocycles. The van der Waals surface area contributed by atoms with Crippen LogP contribution in [0.25, 0.3) is 0 Å². The molecule has 0 bridgehead atoms. The van der Waals surface area contributed by atoms with E-state index in [0.29, 0.717) is 5.92 Å². The van der Waals surface area contributed by atoms with Crippen molar-refractivity contribution in [1.29, 1.82) is 0 Å². The number of hydrogen-bond acceptors (Lipinski definition) is 0. The van der Waals surface area contributed by atoms with Crippen molar-refractivity contribution in [2.24, 2.45) is 0 Å². The van der Waals surface area contributed by atoms with Crippen LogP contribution in [0.1, 0.15) is 64.2 Å². The van der Waals surface area contributed by atoms with E-state index >= 15 is 0 Å². The van der Waals surface area contributed by atoms with Gasteiger partial charge < -0.3 is 0 Å². The van der Waals surface area contributed by atoms with Crippen LogP contribution in [-0.4, -0.2) is 15.7 Å². The van der Waals surface area contributed by atoms with E-state index in [1.54, 1.807) is 5.56 Å². The van der Waals surface area contributed by atoms with Gasteiger partial charge in [0.05, 0.1) is 0 Å². The molecule has 0 aliphatic rings. The van der Waals surface area contributed by atoms with Crippen molar-refractivity contribution in [2.75, 3.05) is 0 Å². The molecule has 0 radical (unpaired) electrons. The summed E-state index contributed by atoms with van der Waals surface area (Å²) >= 11 is 0. The van der Waals surface area contributed by atoms with Crippen molar-refractivity contribution in [3.05, 3.63) is 34.9 Å². The lowest BCUT2D eigenvalue weighted by Gasteiger charge is -2.32. The fraction of sp³-hybridized carbons (Fsp3) is 0.600. The highest BCUT2D eigenvalue weighted by molar-refractivity contribution is 6.16. The largest absolute Gasteiger partial charge is 0.114 e. The molecule has 0 saturated heterocycles. The summed E-state index contributed by atoms with van der Waals surface area (Å²) < 4.78 is 0. The Kier molecular flexibility index (Phi) is 3.86. The Bertz CT molecular complexity index is 360. The topological polar surface area (TPSA) is 0 Å². The average molecular weight is 228 g/mol. The van der Waals surface area contributed by atoms with Crippen LogP contribution in [0.5, 0.6) is 0 Å². The van der Waals surface area contributed by atoms with Gasteiger partial charge in [0.15, 0.2) is 0 Å². The highest BCUT2D eigenvalue weighted by Crippen LogP contribution is 2.35. The SMILES string of the molecule is BC(C)(C)c1cccc(C(B)(C)C)c1C(C)C. The minimum absolute atomic E-state index is 0.223. The minimum atomic E-state index is 0.223. The highest BCUT2D eigenvalue weighted by atomic mass is 14.3. The molecule has 0 N–H and O–H groups in total. The summed E-state index contributed by atoms with van der Waals surface area (Å²) in [6.07, 6.45) is 0.